The lowest BCUT2D eigenvalue weighted by molar-refractivity contribution is -0.136. The Hall–Kier alpha value is -2.98. The van der Waals surface area contributed by atoms with Gasteiger partial charge in [-0.3, -0.25) is 4.79 Å². The van der Waals surface area contributed by atoms with E-state index in [0.717, 1.165) is 10.8 Å². The van der Waals surface area contributed by atoms with Crippen molar-refractivity contribution in [3.05, 3.63) is 18.1 Å². The Bertz CT molecular complexity index is 1030. The highest BCUT2D eigenvalue weighted by Gasteiger charge is 2.32. The first-order valence-electron chi connectivity index (χ1n) is 8.89. The second kappa shape index (κ2) is 6.88. The number of anilines is 1. The fourth-order valence-electron chi connectivity index (χ4n) is 3.47. The molecule has 0 aliphatic carbocycles. The van der Waals surface area contributed by atoms with Gasteiger partial charge in [-0.1, -0.05) is 0 Å². The van der Waals surface area contributed by atoms with Gasteiger partial charge < -0.3 is 15.2 Å². The normalized spacial score (nSPS) is 17.6. The lowest BCUT2D eigenvalue weighted by Gasteiger charge is -2.20. The predicted molar refractivity (Wildman–Crippen MR) is 95.7 cm³/mol. The van der Waals surface area contributed by atoms with Crippen LogP contribution in [0.5, 0.6) is 0 Å². The summed E-state index contributed by atoms with van der Waals surface area (Å²) in [4.78, 5) is 26.1. The number of halogens is 3. The molecule has 2 N–H and O–H groups in total. The summed E-state index contributed by atoms with van der Waals surface area (Å²) in [6.45, 7) is 2.34. The van der Waals surface area contributed by atoms with Gasteiger partial charge in [0.2, 0.25) is 5.91 Å². The standard InChI is InChI=1S/C17H18F3N7O/c1-9-23-14-12(11-2-5-21-13(11)25-26-14)15(24-9)27-7-3-10(8-27)16(28)22-6-4-17(18,19)20/h2,5,10H,3-4,6-8H2,1H3,(H,22,28)(H,23,24,26). The van der Waals surface area contributed by atoms with Crippen LogP contribution in [0.2, 0.25) is 0 Å². The van der Waals surface area contributed by atoms with Crippen molar-refractivity contribution in [1.29, 1.82) is 0 Å². The van der Waals surface area contributed by atoms with Crippen LogP contribution in [0, 0.1) is 12.8 Å². The summed E-state index contributed by atoms with van der Waals surface area (Å²) in [5.41, 5.74) is 1.08. The molecular formula is C17H18F3N7O. The number of nitrogens with zero attached hydrogens (tertiary/aromatic N) is 5. The van der Waals surface area contributed by atoms with E-state index in [1.807, 2.05) is 11.0 Å². The molecule has 0 saturated carbocycles. The lowest BCUT2D eigenvalue weighted by atomic mass is 10.1. The highest BCUT2D eigenvalue weighted by atomic mass is 19.4. The average molecular weight is 393 g/mol. The van der Waals surface area contributed by atoms with E-state index in [4.69, 9.17) is 0 Å². The van der Waals surface area contributed by atoms with Crippen molar-refractivity contribution >= 4 is 33.8 Å². The summed E-state index contributed by atoms with van der Waals surface area (Å²) in [7, 11) is 0. The zero-order valence-corrected chi connectivity index (χ0v) is 15.0. The van der Waals surface area contributed by atoms with Crippen LogP contribution in [0.25, 0.3) is 22.1 Å². The number of fused-ring (bicyclic) bond motifs is 3. The zero-order chi connectivity index (χ0) is 19.9. The Kier molecular flexibility index (Phi) is 4.52. The van der Waals surface area contributed by atoms with Crippen LogP contribution in [-0.4, -0.2) is 56.9 Å². The molecule has 1 amide bonds. The van der Waals surface area contributed by atoms with E-state index < -0.39 is 25.1 Å². The number of aryl methyl sites for hydroxylation is 1. The van der Waals surface area contributed by atoms with Crippen LogP contribution in [0.15, 0.2) is 12.3 Å². The van der Waals surface area contributed by atoms with E-state index in [1.54, 1.807) is 13.1 Å². The Morgan fingerprint density at radius 3 is 3.00 bits per heavy atom. The van der Waals surface area contributed by atoms with Gasteiger partial charge in [0, 0.05) is 31.2 Å². The number of nitrogens with one attached hydrogen (secondary N) is 2. The maximum atomic E-state index is 12.3. The van der Waals surface area contributed by atoms with Crippen LogP contribution in [0.4, 0.5) is 19.0 Å². The maximum absolute atomic E-state index is 12.3. The monoisotopic (exact) mass is 393 g/mol. The van der Waals surface area contributed by atoms with E-state index in [1.165, 1.54) is 0 Å². The average Bonchev–Trinajstić information content (AvgIpc) is 3.29. The molecular weight excluding hydrogens is 375 g/mol. The second-order valence-electron chi connectivity index (χ2n) is 6.84. The molecule has 28 heavy (non-hydrogen) atoms. The Labute approximate surface area is 157 Å². The first-order chi connectivity index (χ1) is 13.3. The van der Waals surface area contributed by atoms with Gasteiger partial charge in [0.05, 0.1) is 17.7 Å². The molecule has 0 spiro atoms. The SMILES string of the molecule is Cc1nc(N2CCC(C(=O)NCCC(F)(F)F)C2)c2c(nnc3nccc32)[nH]1. The van der Waals surface area contributed by atoms with Crippen molar-refractivity contribution in [2.24, 2.45) is 5.92 Å². The molecule has 3 aromatic heterocycles. The molecule has 0 aromatic carbocycles. The number of carbonyl (C=O) groups excluding carboxylic acids is 1. The quantitative estimate of drug-likeness (QED) is 0.704. The minimum Gasteiger partial charge on any atom is -0.355 e. The molecule has 11 heteroatoms. The number of rotatable bonds is 4. The van der Waals surface area contributed by atoms with E-state index >= 15 is 0 Å². The third kappa shape index (κ3) is 3.56. The smallest absolute Gasteiger partial charge is 0.355 e. The van der Waals surface area contributed by atoms with Gasteiger partial charge in [-0.15, -0.1) is 10.2 Å². The van der Waals surface area contributed by atoms with Crippen LogP contribution >= 0.6 is 0 Å². The van der Waals surface area contributed by atoms with Crippen molar-refractivity contribution in [1.82, 2.24) is 30.5 Å². The molecule has 0 radical (unpaired) electrons. The van der Waals surface area contributed by atoms with Gasteiger partial charge in [0.25, 0.3) is 0 Å². The van der Waals surface area contributed by atoms with E-state index in [9.17, 15) is 18.0 Å². The summed E-state index contributed by atoms with van der Waals surface area (Å²) < 4.78 is 36.8. The van der Waals surface area contributed by atoms with Crippen molar-refractivity contribution in [2.45, 2.75) is 25.9 Å². The van der Waals surface area contributed by atoms with Crippen LogP contribution in [0.3, 0.4) is 0 Å². The number of aromatic amines is 1. The molecule has 1 unspecified atom stereocenters. The highest BCUT2D eigenvalue weighted by Crippen LogP contribution is 2.32. The minimum absolute atomic E-state index is 0.366. The van der Waals surface area contributed by atoms with Crippen LogP contribution < -0.4 is 10.2 Å². The highest BCUT2D eigenvalue weighted by molar-refractivity contribution is 6.07. The molecule has 4 rings (SSSR count). The Morgan fingerprint density at radius 2 is 2.21 bits per heavy atom. The zero-order valence-electron chi connectivity index (χ0n) is 15.0. The molecule has 1 aliphatic rings. The first-order valence-corrected chi connectivity index (χ1v) is 8.89. The molecule has 3 aromatic rings. The number of amides is 1. The van der Waals surface area contributed by atoms with Gasteiger partial charge in [0.15, 0.2) is 11.3 Å². The van der Waals surface area contributed by atoms with Gasteiger partial charge in [-0.05, 0) is 19.4 Å². The molecule has 0 bridgehead atoms. The van der Waals surface area contributed by atoms with Crippen molar-refractivity contribution in [2.75, 3.05) is 24.5 Å². The van der Waals surface area contributed by atoms with Gasteiger partial charge in [-0.25, -0.2) is 9.97 Å². The lowest BCUT2D eigenvalue weighted by Crippen LogP contribution is -2.35. The number of aromatic nitrogens is 5. The van der Waals surface area contributed by atoms with Crippen LogP contribution in [0.1, 0.15) is 18.7 Å². The minimum atomic E-state index is -4.28. The van der Waals surface area contributed by atoms with Gasteiger partial charge >= 0.3 is 6.18 Å². The molecule has 1 aliphatic heterocycles. The molecule has 4 heterocycles. The van der Waals surface area contributed by atoms with Gasteiger partial charge in [0.1, 0.15) is 11.6 Å². The number of H-pyrrole nitrogens is 1. The third-order valence-corrected chi connectivity index (χ3v) is 4.79. The molecule has 8 nitrogen and oxygen atoms in total. The van der Waals surface area contributed by atoms with Crippen molar-refractivity contribution in [3.8, 4) is 0 Å². The summed E-state index contributed by atoms with van der Waals surface area (Å²) in [6.07, 6.45) is -3.13. The Balaban J connectivity index is 1.56. The third-order valence-electron chi connectivity index (χ3n) is 4.79. The fourth-order valence-corrected chi connectivity index (χ4v) is 3.47. The predicted octanol–water partition coefficient (Wildman–Crippen LogP) is 2.10. The molecule has 1 saturated heterocycles. The maximum Gasteiger partial charge on any atom is 0.390 e. The van der Waals surface area contributed by atoms with Gasteiger partial charge in [-0.2, -0.15) is 13.2 Å². The van der Waals surface area contributed by atoms with Crippen molar-refractivity contribution < 1.29 is 18.0 Å². The molecule has 1 atom stereocenters. The number of carbonyl (C=O) groups is 1. The largest absolute Gasteiger partial charge is 0.390 e. The number of hydrogen-bond acceptors (Lipinski definition) is 6. The van der Waals surface area contributed by atoms with E-state index in [0.29, 0.717) is 42.4 Å². The Morgan fingerprint density at radius 1 is 1.39 bits per heavy atom. The molecule has 1 fully saturated rings. The van der Waals surface area contributed by atoms with E-state index in [2.05, 4.69) is 30.5 Å². The van der Waals surface area contributed by atoms with Crippen LogP contribution in [-0.2, 0) is 4.79 Å². The first kappa shape index (κ1) is 18.4. The summed E-state index contributed by atoms with van der Waals surface area (Å²) >= 11 is 0. The summed E-state index contributed by atoms with van der Waals surface area (Å²) in [6, 6.07) is 1.83. The second-order valence-corrected chi connectivity index (χ2v) is 6.84. The fraction of sp³-hybridized carbons (Fsp3) is 0.471. The summed E-state index contributed by atoms with van der Waals surface area (Å²) in [5, 5.41) is 12.2. The van der Waals surface area contributed by atoms with Crippen molar-refractivity contribution in [3.63, 3.8) is 0 Å². The topological polar surface area (TPSA) is 99.7 Å². The molecule has 148 valence electrons. The van der Waals surface area contributed by atoms with E-state index in [-0.39, 0.29) is 5.91 Å². The number of hydrogen-bond donors (Lipinski definition) is 2. The summed E-state index contributed by atoms with van der Waals surface area (Å²) in [5.74, 6) is 0.561. The number of alkyl halides is 3.